The summed E-state index contributed by atoms with van der Waals surface area (Å²) in [6.07, 6.45) is 1.09. The van der Waals surface area contributed by atoms with Gasteiger partial charge in [-0.3, -0.25) is 0 Å². The molecule has 0 amide bonds. The Kier molecular flexibility index (Phi) is 4.63. The van der Waals surface area contributed by atoms with Gasteiger partial charge in [0.15, 0.2) is 0 Å². The molecule has 13 heavy (non-hydrogen) atoms. The predicted octanol–water partition coefficient (Wildman–Crippen LogP) is 0.331. The van der Waals surface area contributed by atoms with E-state index in [2.05, 4.69) is 27.4 Å². The molecule has 0 aliphatic rings. The molecular weight excluding hydrogens is 188 g/mol. The first kappa shape index (κ1) is 10.3. The molecule has 0 saturated carbocycles. The van der Waals surface area contributed by atoms with Crippen LogP contribution in [0.25, 0.3) is 0 Å². The van der Waals surface area contributed by atoms with Crippen molar-refractivity contribution in [2.24, 2.45) is 0 Å². The molecule has 0 aliphatic carbocycles. The van der Waals surface area contributed by atoms with Crippen LogP contribution in [0.15, 0.2) is 6.33 Å². The zero-order chi connectivity index (χ0) is 9.52. The average molecular weight is 202 g/mol. The molecule has 3 N–H and O–H groups in total. The van der Waals surface area contributed by atoms with Crippen LogP contribution in [0.1, 0.15) is 6.92 Å². The third-order valence-corrected chi connectivity index (χ3v) is 2.46. The van der Waals surface area contributed by atoms with Crippen molar-refractivity contribution in [3.8, 4) is 0 Å². The molecule has 0 fully saturated rings. The highest BCUT2D eigenvalue weighted by molar-refractivity contribution is 7.99. The van der Waals surface area contributed by atoms with Gasteiger partial charge in [0.1, 0.15) is 6.33 Å². The van der Waals surface area contributed by atoms with Crippen LogP contribution in [-0.4, -0.2) is 44.4 Å². The first-order valence-corrected chi connectivity index (χ1v) is 5.33. The number of rotatable bonds is 6. The van der Waals surface area contributed by atoms with Gasteiger partial charge in [0.2, 0.25) is 5.95 Å². The van der Waals surface area contributed by atoms with Gasteiger partial charge in [-0.15, -0.1) is 0 Å². The minimum Gasteiger partial charge on any atom is -0.390 e. The SMILES string of the molecule is CCSCC(O)CNc1ncn[nH]1. The fourth-order valence-electron chi connectivity index (χ4n) is 0.818. The molecule has 6 heteroatoms. The van der Waals surface area contributed by atoms with Crippen molar-refractivity contribution in [3.05, 3.63) is 6.33 Å². The molecule has 0 saturated heterocycles. The minimum atomic E-state index is -0.338. The Morgan fingerprint density at radius 2 is 2.62 bits per heavy atom. The van der Waals surface area contributed by atoms with Crippen molar-refractivity contribution in [1.82, 2.24) is 15.2 Å². The summed E-state index contributed by atoms with van der Waals surface area (Å²) in [6, 6.07) is 0. The lowest BCUT2D eigenvalue weighted by molar-refractivity contribution is 0.212. The normalized spacial score (nSPS) is 12.8. The van der Waals surface area contributed by atoms with Crippen LogP contribution in [0.2, 0.25) is 0 Å². The summed E-state index contributed by atoms with van der Waals surface area (Å²) in [4.78, 5) is 3.87. The Morgan fingerprint density at radius 3 is 3.23 bits per heavy atom. The predicted molar refractivity (Wildman–Crippen MR) is 53.9 cm³/mol. The molecule has 0 aromatic carbocycles. The zero-order valence-electron chi connectivity index (χ0n) is 7.53. The van der Waals surface area contributed by atoms with Gasteiger partial charge in [-0.25, -0.2) is 10.1 Å². The highest BCUT2D eigenvalue weighted by atomic mass is 32.2. The van der Waals surface area contributed by atoms with E-state index in [1.807, 2.05) is 0 Å². The third kappa shape index (κ3) is 4.14. The largest absolute Gasteiger partial charge is 0.390 e. The van der Waals surface area contributed by atoms with Crippen molar-refractivity contribution < 1.29 is 5.11 Å². The molecule has 74 valence electrons. The van der Waals surface area contributed by atoms with Gasteiger partial charge < -0.3 is 10.4 Å². The summed E-state index contributed by atoms with van der Waals surface area (Å²) in [6.45, 7) is 2.57. The number of nitrogens with one attached hydrogen (secondary N) is 2. The Labute approximate surface area is 81.3 Å². The fraction of sp³-hybridized carbons (Fsp3) is 0.714. The summed E-state index contributed by atoms with van der Waals surface area (Å²) in [5.74, 6) is 2.37. The second-order valence-electron chi connectivity index (χ2n) is 2.53. The Morgan fingerprint density at radius 1 is 1.77 bits per heavy atom. The monoisotopic (exact) mass is 202 g/mol. The molecule has 1 heterocycles. The van der Waals surface area contributed by atoms with E-state index in [4.69, 9.17) is 0 Å². The van der Waals surface area contributed by atoms with Crippen LogP contribution in [0, 0.1) is 0 Å². The molecule has 1 aromatic heterocycles. The van der Waals surface area contributed by atoms with E-state index in [0.29, 0.717) is 12.5 Å². The number of anilines is 1. The van der Waals surface area contributed by atoms with E-state index in [1.54, 1.807) is 11.8 Å². The second kappa shape index (κ2) is 5.82. The molecule has 1 atom stereocenters. The number of aromatic amines is 1. The van der Waals surface area contributed by atoms with Crippen molar-refractivity contribution in [2.75, 3.05) is 23.4 Å². The highest BCUT2D eigenvalue weighted by Crippen LogP contribution is 2.02. The molecule has 1 aromatic rings. The van der Waals surface area contributed by atoms with Crippen LogP contribution in [0.5, 0.6) is 0 Å². The van der Waals surface area contributed by atoms with Gasteiger partial charge in [0, 0.05) is 12.3 Å². The lowest BCUT2D eigenvalue weighted by atomic mass is 10.4. The van der Waals surface area contributed by atoms with Crippen LogP contribution >= 0.6 is 11.8 Å². The number of hydrogen-bond donors (Lipinski definition) is 3. The third-order valence-electron chi connectivity index (χ3n) is 1.43. The van der Waals surface area contributed by atoms with Crippen LogP contribution in [0.4, 0.5) is 5.95 Å². The van der Waals surface area contributed by atoms with Gasteiger partial charge in [0.05, 0.1) is 6.10 Å². The maximum absolute atomic E-state index is 9.43. The van der Waals surface area contributed by atoms with Crippen LogP contribution in [0.3, 0.4) is 0 Å². The number of nitrogens with zero attached hydrogens (tertiary/aromatic N) is 2. The summed E-state index contributed by atoms with van der Waals surface area (Å²) in [5, 5.41) is 18.7. The minimum absolute atomic E-state index is 0.338. The van der Waals surface area contributed by atoms with E-state index >= 15 is 0 Å². The molecule has 5 nitrogen and oxygen atoms in total. The maximum Gasteiger partial charge on any atom is 0.218 e. The lowest BCUT2D eigenvalue weighted by Crippen LogP contribution is -2.22. The molecule has 0 radical (unpaired) electrons. The zero-order valence-corrected chi connectivity index (χ0v) is 8.34. The fourth-order valence-corrected chi connectivity index (χ4v) is 1.44. The first-order valence-electron chi connectivity index (χ1n) is 4.18. The number of hydrogen-bond acceptors (Lipinski definition) is 5. The molecule has 1 unspecified atom stereocenters. The van der Waals surface area contributed by atoms with E-state index < -0.39 is 0 Å². The molecule has 0 aliphatic heterocycles. The van der Waals surface area contributed by atoms with E-state index in [1.165, 1.54) is 6.33 Å². The molecule has 1 rings (SSSR count). The van der Waals surface area contributed by atoms with Crippen molar-refractivity contribution in [2.45, 2.75) is 13.0 Å². The maximum atomic E-state index is 9.43. The molecule has 0 bridgehead atoms. The Bertz CT molecular complexity index is 216. The van der Waals surface area contributed by atoms with Gasteiger partial charge in [-0.2, -0.15) is 16.9 Å². The molecular formula is C7H14N4OS. The summed E-state index contributed by atoms with van der Waals surface area (Å²) in [7, 11) is 0. The number of thioether (sulfide) groups is 1. The standard InChI is InChI=1S/C7H14N4OS/c1-2-13-4-6(12)3-8-7-9-5-10-11-7/h5-6,12H,2-4H2,1H3,(H2,8,9,10,11). The van der Waals surface area contributed by atoms with Crippen LogP contribution < -0.4 is 5.32 Å². The number of aliphatic hydroxyl groups is 1. The quantitative estimate of drug-likeness (QED) is 0.620. The van der Waals surface area contributed by atoms with Crippen molar-refractivity contribution in [1.29, 1.82) is 0 Å². The number of aromatic nitrogens is 3. The smallest absolute Gasteiger partial charge is 0.218 e. The van der Waals surface area contributed by atoms with Gasteiger partial charge >= 0.3 is 0 Å². The second-order valence-corrected chi connectivity index (χ2v) is 3.85. The summed E-state index contributed by atoms with van der Waals surface area (Å²) >= 11 is 1.72. The topological polar surface area (TPSA) is 73.8 Å². The van der Waals surface area contributed by atoms with Crippen LogP contribution in [-0.2, 0) is 0 Å². The van der Waals surface area contributed by atoms with Gasteiger partial charge in [-0.05, 0) is 5.75 Å². The summed E-state index contributed by atoms with van der Waals surface area (Å²) in [5.41, 5.74) is 0. The first-order chi connectivity index (χ1) is 6.33. The van der Waals surface area contributed by atoms with E-state index in [0.717, 1.165) is 11.5 Å². The van der Waals surface area contributed by atoms with E-state index in [-0.39, 0.29) is 6.10 Å². The Hall–Kier alpha value is -0.750. The number of H-pyrrole nitrogens is 1. The Balaban J connectivity index is 2.11. The van der Waals surface area contributed by atoms with Crippen molar-refractivity contribution >= 4 is 17.7 Å². The van der Waals surface area contributed by atoms with Gasteiger partial charge in [0.25, 0.3) is 0 Å². The van der Waals surface area contributed by atoms with E-state index in [9.17, 15) is 5.11 Å². The highest BCUT2D eigenvalue weighted by Gasteiger charge is 2.03. The van der Waals surface area contributed by atoms with Gasteiger partial charge in [-0.1, -0.05) is 6.92 Å². The average Bonchev–Trinajstić information content (AvgIpc) is 2.64. The van der Waals surface area contributed by atoms with Crippen molar-refractivity contribution in [3.63, 3.8) is 0 Å². The molecule has 0 spiro atoms. The number of aliphatic hydroxyl groups excluding tert-OH is 1. The summed E-state index contributed by atoms with van der Waals surface area (Å²) < 4.78 is 0. The lowest BCUT2D eigenvalue weighted by Gasteiger charge is -2.09.